The van der Waals surface area contributed by atoms with Crippen molar-refractivity contribution in [3.05, 3.63) is 130 Å². The van der Waals surface area contributed by atoms with Crippen LogP contribution < -0.4 is 10.6 Å². The van der Waals surface area contributed by atoms with E-state index >= 15 is 0 Å². The topological polar surface area (TPSA) is 128 Å². The molecule has 2 heterocycles. The molecule has 6 rings (SSSR count). The number of rotatable bonds is 7. The molecule has 2 unspecified atom stereocenters. The van der Waals surface area contributed by atoms with Crippen LogP contribution in [0.3, 0.4) is 0 Å². The third kappa shape index (κ3) is 8.42. The number of carboxylic acid groups (broad SMARTS) is 1. The van der Waals surface area contributed by atoms with E-state index in [1.54, 1.807) is 63.2 Å². The molecule has 4 aromatic rings. The molecule has 0 radical (unpaired) electrons. The first kappa shape index (κ1) is 36.3. The minimum atomic E-state index is -1.13. The zero-order valence-electron chi connectivity index (χ0n) is 28.2. The summed E-state index contributed by atoms with van der Waals surface area (Å²) in [4.78, 5) is 56.3. The van der Waals surface area contributed by atoms with E-state index in [4.69, 9.17) is 4.74 Å². The Hall–Kier alpha value is -4.95. The van der Waals surface area contributed by atoms with Crippen LogP contribution in [0.5, 0.6) is 0 Å². The first-order valence-corrected chi connectivity index (χ1v) is 16.4. The first-order valence-electron chi connectivity index (χ1n) is 16.4. The van der Waals surface area contributed by atoms with Gasteiger partial charge in [0.2, 0.25) is 5.91 Å². The molecule has 50 heavy (non-hydrogen) atoms. The van der Waals surface area contributed by atoms with E-state index in [0.29, 0.717) is 17.8 Å². The Balaban J connectivity index is 0.00000486. The Labute approximate surface area is 306 Å². The molecule has 10 nitrogen and oxygen atoms in total. The smallest absolute Gasteiger partial charge is 0.411 e. The van der Waals surface area contributed by atoms with E-state index in [1.807, 2.05) is 54.6 Å². The second-order valence-corrected chi connectivity index (χ2v) is 13.5. The average Bonchev–Trinajstić information content (AvgIpc) is 3.09. The van der Waals surface area contributed by atoms with Crippen LogP contribution in [0.1, 0.15) is 58.9 Å². The molecule has 0 fully saturated rings. The largest absolute Gasteiger partial charge is 0.480 e. The van der Waals surface area contributed by atoms with Crippen molar-refractivity contribution in [2.24, 2.45) is 0 Å². The molecule has 2 aliphatic heterocycles. The predicted octanol–water partition coefficient (Wildman–Crippen LogP) is 6.25. The summed E-state index contributed by atoms with van der Waals surface area (Å²) in [7, 11) is 0. The molecule has 0 spiro atoms. The average molecular weight is 845 g/mol. The monoisotopic (exact) mass is 844 g/mol. The summed E-state index contributed by atoms with van der Waals surface area (Å²) in [5.74, 6) is -1.88. The summed E-state index contributed by atoms with van der Waals surface area (Å²) >= 11 is 0. The van der Waals surface area contributed by atoms with Crippen molar-refractivity contribution in [3.63, 3.8) is 0 Å². The van der Waals surface area contributed by atoms with Crippen molar-refractivity contribution >= 4 is 35.3 Å². The fraction of sp³-hybridized carbons (Fsp3) is 0.282. The summed E-state index contributed by atoms with van der Waals surface area (Å²) in [6.07, 6.45) is -0.348. The molecule has 0 saturated heterocycles. The number of nitrogens with one attached hydrogen (secondary N) is 2. The van der Waals surface area contributed by atoms with Crippen molar-refractivity contribution < 1.29 is 50.1 Å². The number of hydrogen-bond donors (Lipinski definition) is 3. The minimum Gasteiger partial charge on any atom is -0.480 e. The number of carboxylic acids is 1. The van der Waals surface area contributed by atoms with E-state index in [2.05, 4.69) is 10.6 Å². The molecule has 0 saturated carbocycles. The van der Waals surface area contributed by atoms with Crippen LogP contribution in [0.2, 0.25) is 0 Å². The van der Waals surface area contributed by atoms with Gasteiger partial charge in [0.25, 0.3) is 5.91 Å². The van der Waals surface area contributed by atoms with Gasteiger partial charge < -0.3 is 25.4 Å². The molecule has 3 N–H and O–H groups in total. The molecule has 258 valence electrons. The summed E-state index contributed by atoms with van der Waals surface area (Å²) in [6, 6.07) is 27.9. The van der Waals surface area contributed by atoms with Crippen molar-refractivity contribution in [2.75, 3.05) is 10.6 Å². The predicted molar refractivity (Wildman–Crippen MR) is 186 cm³/mol. The Kier molecular flexibility index (Phi) is 11.1. The molecule has 11 heteroatoms. The van der Waals surface area contributed by atoms with Crippen molar-refractivity contribution in [1.29, 1.82) is 0 Å². The molecule has 2 atom stereocenters. The van der Waals surface area contributed by atoms with Crippen LogP contribution in [0.25, 0.3) is 0 Å². The molecule has 3 amide bonds. The fourth-order valence-corrected chi connectivity index (χ4v) is 6.33. The molecular formula is C39H40N4O6W. The summed E-state index contributed by atoms with van der Waals surface area (Å²) in [5, 5.41) is 16.6. The number of nitrogens with zero attached hydrogens (tertiary/aromatic N) is 2. The molecule has 0 aromatic heterocycles. The Morgan fingerprint density at radius 3 is 1.92 bits per heavy atom. The maximum Gasteiger partial charge on any atom is 0.411 e. The number of carbonyl (C=O) groups excluding carboxylic acids is 3. The van der Waals surface area contributed by atoms with Gasteiger partial charge in [-0.05, 0) is 85.0 Å². The Morgan fingerprint density at radius 1 is 0.740 bits per heavy atom. The fourth-order valence-electron chi connectivity index (χ4n) is 6.33. The van der Waals surface area contributed by atoms with Gasteiger partial charge in [-0.15, -0.1) is 0 Å². The Bertz CT molecular complexity index is 1880. The van der Waals surface area contributed by atoms with Crippen LogP contribution in [-0.4, -0.2) is 56.5 Å². The number of benzene rings is 4. The van der Waals surface area contributed by atoms with Crippen molar-refractivity contribution in [3.8, 4) is 0 Å². The molecule has 0 aliphatic carbocycles. The van der Waals surface area contributed by atoms with E-state index in [9.17, 15) is 24.3 Å². The van der Waals surface area contributed by atoms with Gasteiger partial charge >= 0.3 is 12.1 Å². The van der Waals surface area contributed by atoms with Gasteiger partial charge in [0.05, 0.1) is 6.54 Å². The van der Waals surface area contributed by atoms with Crippen LogP contribution in [0.4, 0.5) is 16.2 Å². The standard InChI is InChI=1S/C39H40N4O6.W/c1-39(2,3)49-38(48)43-24-29-18-31(40-22-25-10-6-4-7-11-25)16-14-27(29)20-33(43)36(45)42-23-30-19-32(17-15-28(30)21-34(42)37(46)47)41-35(44)26-12-8-5-9-13-26;/h4-19,33-34,40H,20-24H2,1-3H3,(H,41,44)(H,46,47);. The van der Waals surface area contributed by atoms with Gasteiger partial charge in [-0.1, -0.05) is 60.7 Å². The van der Waals surface area contributed by atoms with Crippen LogP contribution in [0, 0.1) is 0 Å². The minimum absolute atomic E-state index is 0. The van der Waals surface area contributed by atoms with Gasteiger partial charge in [0.15, 0.2) is 0 Å². The van der Waals surface area contributed by atoms with Crippen LogP contribution >= 0.6 is 0 Å². The van der Waals surface area contributed by atoms with Crippen LogP contribution in [0.15, 0.2) is 97.1 Å². The molecule has 2 aliphatic rings. The van der Waals surface area contributed by atoms with Gasteiger partial charge in [-0.2, -0.15) is 0 Å². The van der Waals surface area contributed by atoms with Crippen LogP contribution in [-0.2, 0) is 67.9 Å². The number of amides is 3. The summed E-state index contributed by atoms with van der Waals surface area (Å²) in [6.45, 7) is 6.05. The van der Waals surface area contributed by atoms with Gasteiger partial charge in [-0.25, -0.2) is 9.59 Å². The number of fused-ring (bicyclic) bond motifs is 2. The van der Waals surface area contributed by atoms with E-state index in [1.165, 1.54) is 9.80 Å². The summed E-state index contributed by atoms with van der Waals surface area (Å²) < 4.78 is 5.76. The third-order valence-electron chi connectivity index (χ3n) is 8.79. The van der Waals surface area contributed by atoms with Gasteiger partial charge in [-0.3, -0.25) is 14.5 Å². The molecule has 0 bridgehead atoms. The second-order valence-electron chi connectivity index (χ2n) is 13.5. The van der Waals surface area contributed by atoms with Crippen molar-refractivity contribution in [2.45, 2.75) is 70.9 Å². The maximum absolute atomic E-state index is 14.5. The Morgan fingerprint density at radius 2 is 1.30 bits per heavy atom. The van der Waals surface area contributed by atoms with E-state index in [-0.39, 0.29) is 52.9 Å². The van der Waals surface area contributed by atoms with E-state index in [0.717, 1.165) is 33.5 Å². The second kappa shape index (κ2) is 15.3. The molecule has 4 aromatic carbocycles. The maximum atomic E-state index is 14.5. The van der Waals surface area contributed by atoms with Gasteiger partial charge in [0, 0.05) is 63.9 Å². The normalized spacial score (nSPS) is 16.6. The summed E-state index contributed by atoms with van der Waals surface area (Å²) in [5.41, 5.74) is 5.53. The number of ether oxygens (including phenoxy) is 1. The quantitative estimate of drug-likeness (QED) is 0.201. The number of hydrogen-bond acceptors (Lipinski definition) is 6. The number of aliphatic carboxylic acids is 1. The number of carbonyl (C=O) groups is 4. The zero-order valence-corrected chi connectivity index (χ0v) is 31.2. The van der Waals surface area contributed by atoms with Gasteiger partial charge in [0.1, 0.15) is 17.7 Å². The van der Waals surface area contributed by atoms with Crippen molar-refractivity contribution in [1.82, 2.24) is 9.80 Å². The van der Waals surface area contributed by atoms with E-state index < -0.39 is 35.7 Å². The molecular weight excluding hydrogens is 804 g/mol. The SMILES string of the molecule is CC(C)(C)OC(=O)N1Cc2cc(NCc3ccccc3)ccc2CC1C(=O)N1Cc2cc(NC(=O)c3ccccc3)ccc2CC1C(=O)O.[W]. The first-order chi connectivity index (χ1) is 23.4. The number of anilines is 2. The zero-order chi connectivity index (χ0) is 34.7. The third-order valence-corrected chi connectivity index (χ3v) is 8.79.